The number of nitrogens with one attached hydrogen (secondary N) is 2. The summed E-state index contributed by atoms with van der Waals surface area (Å²) < 4.78 is 30.9. The normalized spacial score (nSPS) is 13.8. The maximum Gasteiger partial charge on any atom is 0.434 e. The first-order valence-corrected chi connectivity index (χ1v) is 12.0. The first kappa shape index (κ1) is 30.8. The molecule has 0 radical (unpaired) electrons. The van der Waals surface area contributed by atoms with Crippen molar-refractivity contribution in [2.24, 2.45) is 10.9 Å². The van der Waals surface area contributed by atoms with Gasteiger partial charge in [0.2, 0.25) is 12.3 Å². The fraction of sp³-hybridized carbons (Fsp3) is 0.565. The molecule has 1 aromatic heterocycles. The molecule has 0 saturated carbocycles. The predicted molar refractivity (Wildman–Crippen MR) is 128 cm³/mol. The molecule has 200 valence electrons. The average molecular weight is 532 g/mol. The van der Waals surface area contributed by atoms with Crippen LogP contribution in [0.5, 0.6) is 0 Å². The first-order chi connectivity index (χ1) is 16.6. The molecule has 10 nitrogen and oxygen atoms in total. The molecule has 0 fully saturated rings. The number of alkyl halides is 2. The van der Waals surface area contributed by atoms with Crippen LogP contribution in [0.4, 0.5) is 13.6 Å². The molecule has 0 aliphatic heterocycles. The minimum atomic E-state index is -3.06. The van der Waals surface area contributed by atoms with Crippen LogP contribution in [-0.4, -0.2) is 64.6 Å². The number of rotatable bonds is 12. The number of halogens is 2. The number of nitrogens with zero attached hydrogens (tertiary/aromatic N) is 1. The van der Waals surface area contributed by atoms with Gasteiger partial charge in [0.05, 0.1) is 0 Å². The lowest BCUT2D eigenvalue weighted by molar-refractivity contribution is -0.151. The Hall–Kier alpha value is -3.22. The Morgan fingerprint density at radius 2 is 1.72 bits per heavy atom. The van der Waals surface area contributed by atoms with Crippen LogP contribution in [0.3, 0.4) is 0 Å². The third-order valence-corrected chi connectivity index (χ3v) is 5.27. The summed E-state index contributed by atoms with van der Waals surface area (Å²) in [5, 5.41) is 15.1. The van der Waals surface area contributed by atoms with Gasteiger partial charge in [0.1, 0.15) is 23.4 Å². The zero-order valence-corrected chi connectivity index (χ0v) is 21.5. The van der Waals surface area contributed by atoms with Crippen molar-refractivity contribution in [3.8, 4) is 0 Å². The highest BCUT2D eigenvalue weighted by molar-refractivity contribution is 7.10. The summed E-state index contributed by atoms with van der Waals surface area (Å²) in [6, 6.07) is 0.141. The number of carboxylic acids is 1. The van der Waals surface area contributed by atoms with Gasteiger partial charge in [0, 0.05) is 17.7 Å². The summed E-state index contributed by atoms with van der Waals surface area (Å²) >= 11 is 1.31. The standard InChI is InChI=1S/C23H31F2N3O7S/c1-12(2)9-15(19(30)26-14(11-17(24)25)18(29)21(32)33)27-20(31)16(10-13-7-6-8-36-13)28-22(34)35-23(3,4)5/h6-8,12,14-15,17H,9-11H2,1-5H3,(H,26,30)(H,27,31)(H,32,33). The van der Waals surface area contributed by atoms with Gasteiger partial charge >= 0.3 is 12.1 Å². The van der Waals surface area contributed by atoms with E-state index in [0.29, 0.717) is 4.88 Å². The molecule has 0 spiro atoms. The molecule has 0 aromatic carbocycles. The third kappa shape index (κ3) is 11.5. The van der Waals surface area contributed by atoms with Crippen LogP contribution in [-0.2, 0) is 30.3 Å². The van der Waals surface area contributed by atoms with Crippen molar-refractivity contribution < 1.29 is 42.6 Å². The van der Waals surface area contributed by atoms with Crippen molar-refractivity contribution in [2.45, 2.75) is 78.0 Å². The molecule has 1 rings (SSSR count). The molecular formula is C23H31F2N3O7S. The highest BCUT2D eigenvalue weighted by Crippen LogP contribution is 2.14. The van der Waals surface area contributed by atoms with E-state index in [4.69, 9.17) is 9.84 Å². The van der Waals surface area contributed by atoms with Gasteiger partial charge in [-0.1, -0.05) is 19.9 Å². The van der Waals surface area contributed by atoms with Gasteiger partial charge in [0.25, 0.3) is 11.7 Å². The third-order valence-electron chi connectivity index (χ3n) is 4.39. The zero-order valence-electron chi connectivity index (χ0n) is 20.7. The molecule has 0 bridgehead atoms. The van der Waals surface area contributed by atoms with Gasteiger partial charge in [-0.3, -0.25) is 14.4 Å². The maximum atomic E-state index is 13.1. The topological polar surface area (TPSA) is 151 Å². The second-order valence-corrected chi connectivity index (χ2v) is 10.3. The van der Waals surface area contributed by atoms with Crippen LogP contribution in [0.1, 0.15) is 52.3 Å². The van der Waals surface area contributed by atoms with Gasteiger partial charge in [-0.25, -0.2) is 18.4 Å². The molecule has 36 heavy (non-hydrogen) atoms. The predicted octanol–water partition coefficient (Wildman–Crippen LogP) is 2.99. The fourth-order valence-corrected chi connectivity index (χ4v) is 3.63. The molecule has 0 aliphatic rings. The average Bonchev–Trinajstić information content (AvgIpc) is 3.22. The van der Waals surface area contributed by atoms with Crippen LogP contribution >= 0.6 is 11.3 Å². The molecule has 0 aliphatic carbocycles. The number of hydrogen-bond donors (Lipinski definition) is 3. The van der Waals surface area contributed by atoms with E-state index in [-0.39, 0.29) is 24.5 Å². The molecule has 2 unspecified atom stereocenters. The van der Waals surface area contributed by atoms with Crippen LogP contribution in [0.15, 0.2) is 22.5 Å². The minimum absolute atomic E-state index is 0.0267. The van der Waals surface area contributed by atoms with Gasteiger partial charge in [0.15, 0.2) is 0 Å². The fourth-order valence-electron chi connectivity index (χ4n) is 2.92. The Bertz CT molecular complexity index is 973. The SMILES string of the molecule is CC(C)CC(NC(=O)C(Cc1cccs1)=NC(=O)OC(C)(C)C)C(=O)NC(CC(F)F)C(=O)C(=O)O. The summed E-state index contributed by atoms with van der Waals surface area (Å²) in [7, 11) is 0. The Balaban J connectivity index is 3.19. The van der Waals surface area contributed by atoms with Crippen molar-refractivity contribution >= 4 is 46.7 Å². The number of aliphatic carboxylic acids is 1. The molecule has 1 heterocycles. The smallest absolute Gasteiger partial charge is 0.434 e. The van der Waals surface area contributed by atoms with E-state index in [1.54, 1.807) is 52.1 Å². The van der Waals surface area contributed by atoms with E-state index in [1.807, 2.05) is 5.32 Å². The zero-order chi connectivity index (χ0) is 27.6. The van der Waals surface area contributed by atoms with E-state index in [9.17, 15) is 32.8 Å². The number of Topliss-reactive ketones (excluding diaryl/α,β-unsaturated/α-hetero) is 1. The summed E-state index contributed by atoms with van der Waals surface area (Å²) in [6.07, 6.45) is -5.31. The molecule has 2 atom stereocenters. The lowest BCUT2D eigenvalue weighted by Crippen LogP contribution is -2.54. The Morgan fingerprint density at radius 1 is 1.08 bits per heavy atom. The van der Waals surface area contributed by atoms with Gasteiger partial charge in [-0.05, 0) is 44.6 Å². The number of carbonyl (C=O) groups is 5. The van der Waals surface area contributed by atoms with E-state index in [1.165, 1.54) is 11.3 Å². The van der Waals surface area contributed by atoms with Crippen molar-refractivity contribution in [3.05, 3.63) is 22.4 Å². The van der Waals surface area contributed by atoms with Crippen LogP contribution in [0, 0.1) is 5.92 Å². The van der Waals surface area contributed by atoms with Crippen molar-refractivity contribution in [1.29, 1.82) is 0 Å². The second kappa shape index (κ2) is 13.8. The van der Waals surface area contributed by atoms with Crippen LogP contribution in [0.2, 0.25) is 0 Å². The van der Waals surface area contributed by atoms with Crippen LogP contribution in [0.25, 0.3) is 0 Å². The Morgan fingerprint density at radius 3 is 2.19 bits per heavy atom. The number of carbonyl (C=O) groups excluding carboxylic acids is 4. The van der Waals surface area contributed by atoms with Crippen molar-refractivity contribution in [1.82, 2.24) is 10.6 Å². The number of ketones is 1. The number of hydrogen-bond acceptors (Lipinski definition) is 7. The number of carboxylic acid groups (broad SMARTS) is 1. The summed E-state index contributed by atoms with van der Waals surface area (Å²) in [5.41, 5.74) is -1.12. The summed E-state index contributed by atoms with van der Waals surface area (Å²) in [5.74, 6) is -5.67. The van der Waals surface area contributed by atoms with E-state index >= 15 is 0 Å². The highest BCUT2D eigenvalue weighted by Gasteiger charge is 2.33. The molecule has 0 saturated heterocycles. The number of amides is 3. The lowest BCUT2D eigenvalue weighted by Gasteiger charge is -2.23. The molecule has 3 N–H and O–H groups in total. The summed E-state index contributed by atoms with van der Waals surface area (Å²) in [4.78, 5) is 65.4. The monoisotopic (exact) mass is 531 g/mol. The van der Waals surface area contributed by atoms with Gasteiger partial charge < -0.3 is 20.5 Å². The molecule has 1 aromatic rings. The Labute approximate surface area is 211 Å². The number of thiophene rings is 1. The molecular weight excluding hydrogens is 500 g/mol. The Kier molecular flexibility index (Phi) is 11.8. The van der Waals surface area contributed by atoms with E-state index in [2.05, 4.69) is 10.3 Å². The number of aliphatic imine (C=N–C) groups is 1. The van der Waals surface area contributed by atoms with E-state index < -0.39 is 60.2 Å². The van der Waals surface area contributed by atoms with Gasteiger partial charge in [-0.2, -0.15) is 4.99 Å². The molecule has 13 heteroatoms. The largest absolute Gasteiger partial charge is 0.475 e. The second-order valence-electron chi connectivity index (χ2n) is 9.31. The van der Waals surface area contributed by atoms with Gasteiger partial charge in [-0.15, -0.1) is 11.3 Å². The number of ether oxygens (including phenoxy) is 1. The van der Waals surface area contributed by atoms with Crippen molar-refractivity contribution in [2.75, 3.05) is 0 Å². The van der Waals surface area contributed by atoms with Crippen molar-refractivity contribution in [3.63, 3.8) is 0 Å². The lowest BCUT2D eigenvalue weighted by atomic mass is 10.0. The first-order valence-electron chi connectivity index (χ1n) is 11.1. The quantitative estimate of drug-likeness (QED) is 0.277. The molecule has 3 amide bonds. The highest BCUT2D eigenvalue weighted by atomic mass is 32.1. The minimum Gasteiger partial charge on any atom is -0.475 e. The van der Waals surface area contributed by atoms with E-state index in [0.717, 1.165) is 0 Å². The van der Waals surface area contributed by atoms with Crippen LogP contribution < -0.4 is 10.6 Å². The summed E-state index contributed by atoms with van der Waals surface area (Å²) in [6.45, 7) is 8.32. The maximum absolute atomic E-state index is 13.1.